The van der Waals surface area contributed by atoms with Crippen molar-refractivity contribution in [3.8, 4) is 0 Å². The Hall–Kier alpha value is -0.0800. The fourth-order valence-electron chi connectivity index (χ4n) is 1.55. The number of hydrogen-bond donors (Lipinski definition) is 1. The molecule has 46 valence electrons. The molecule has 1 saturated carbocycles. The first-order valence-corrected chi connectivity index (χ1v) is 3.23. The van der Waals surface area contributed by atoms with E-state index in [-0.39, 0.29) is 0 Å². The lowest BCUT2D eigenvalue weighted by atomic mass is 10.2. The van der Waals surface area contributed by atoms with Gasteiger partial charge < -0.3 is 10.5 Å². The van der Waals surface area contributed by atoms with Gasteiger partial charge >= 0.3 is 0 Å². The highest BCUT2D eigenvalue weighted by Gasteiger charge is 2.48. The fraction of sp³-hybridized carbons (Fsp3) is 1.00. The summed E-state index contributed by atoms with van der Waals surface area (Å²) in [6.07, 6.45) is 1.20. The Labute approximate surface area is 49.0 Å². The van der Waals surface area contributed by atoms with Crippen LogP contribution in [0.1, 0.15) is 6.42 Å². The first-order valence-electron chi connectivity index (χ1n) is 3.23. The number of rotatable bonds is 0. The van der Waals surface area contributed by atoms with E-state index in [1.54, 1.807) is 0 Å². The van der Waals surface area contributed by atoms with Crippen LogP contribution in [-0.2, 0) is 4.74 Å². The van der Waals surface area contributed by atoms with Crippen LogP contribution >= 0.6 is 0 Å². The summed E-state index contributed by atoms with van der Waals surface area (Å²) in [6.45, 7) is 1.86. The topological polar surface area (TPSA) is 35.2 Å². The van der Waals surface area contributed by atoms with E-state index in [1.165, 1.54) is 6.42 Å². The van der Waals surface area contributed by atoms with Crippen LogP contribution < -0.4 is 5.73 Å². The molecular weight excluding hydrogens is 102 g/mol. The third kappa shape index (κ3) is 0.501. The summed E-state index contributed by atoms with van der Waals surface area (Å²) in [4.78, 5) is 0. The molecule has 1 saturated heterocycles. The molecule has 0 spiro atoms. The predicted molar refractivity (Wildman–Crippen MR) is 30.4 cm³/mol. The lowest BCUT2D eigenvalue weighted by Crippen LogP contribution is -2.07. The summed E-state index contributed by atoms with van der Waals surface area (Å²) in [6, 6.07) is 0.484. The van der Waals surface area contributed by atoms with E-state index in [0.29, 0.717) is 6.04 Å². The summed E-state index contributed by atoms with van der Waals surface area (Å²) in [5.41, 5.74) is 5.69. The molecule has 3 atom stereocenters. The lowest BCUT2D eigenvalue weighted by Gasteiger charge is -2.06. The van der Waals surface area contributed by atoms with Crippen LogP contribution in [0.3, 0.4) is 0 Å². The molecule has 1 aliphatic carbocycles. The predicted octanol–water partition coefficient (Wildman–Crippen LogP) is -0.0200. The van der Waals surface area contributed by atoms with E-state index in [0.717, 1.165) is 25.0 Å². The Morgan fingerprint density at radius 3 is 2.75 bits per heavy atom. The Morgan fingerprint density at radius 2 is 2.25 bits per heavy atom. The minimum atomic E-state index is 0.484. The first-order chi connectivity index (χ1) is 3.89. The van der Waals surface area contributed by atoms with Crippen LogP contribution in [0.2, 0.25) is 0 Å². The molecule has 0 aromatic rings. The molecule has 0 bridgehead atoms. The summed E-state index contributed by atoms with van der Waals surface area (Å²) in [7, 11) is 0. The fourth-order valence-corrected chi connectivity index (χ4v) is 1.55. The second-order valence-corrected chi connectivity index (χ2v) is 2.77. The van der Waals surface area contributed by atoms with Crippen molar-refractivity contribution in [3.63, 3.8) is 0 Å². The van der Waals surface area contributed by atoms with Crippen molar-refractivity contribution in [2.24, 2.45) is 17.6 Å². The molecule has 1 heterocycles. The number of hydrogen-bond acceptors (Lipinski definition) is 2. The van der Waals surface area contributed by atoms with Crippen molar-refractivity contribution >= 4 is 0 Å². The Kier molecular flexibility index (Phi) is 0.866. The molecule has 2 nitrogen and oxygen atoms in total. The van der Waals surface area contributed by atoms with Gasteiger partial charge in [-0.3, -0.25) is 0 Å². The van der Waals surface area contributed by atoms with Crippen molar-refractivity contribution in [1.29, 1.82) is 0 Å². The maximum atomic E-state index is 5.69. The average Bonchev–Trinajstić information content (AvgIpc) is 2.46. The SMILES string of the molecule is N[C@@H]1[C@@H]2CCOC[C@@H]12. The largest absolute Gasteiger partial charge is 0.381 e. The van der Waals surface area contributed by atoms with Gasteiger partial charge in [-0.2, -0.15) is 0 Å². The molecule has 2 aliphatic rings. The number of ether oxygens (including phenoxy) is 1. The van der Waals surface area contributed by atoms with E-state index >= 15 is 0 Å². The van der Waals surface area contributed by atoms with Crippen LogP contribution in [-0.4, -0.2) is 19.3 Å². The molecule has 0 amide bonds. The molecule has 1 aliphatic heterocycles. The Bertz CT molecular complexity index is 92.7. The first kappa shape index (κ1) is 4.77. The van der Waals surface area contributed by atoms with Crippen LogP contribution in [0.15, 0.2) is 0 Å². The molecule has 0 unspecified atom stereocenters. The highest BCUT2D eigenvalue weighted by atomic mass is 16.5. The molecule has 0 aromatic heterocycles. The highest BCUT2D eigenvalue weighted by molar-refractivity contribution is 5.02. The van der Waals surface area contributed by atoms with Gasteiger partial charge in [0.2, 0.25) is 0 Å². The van der Waals surface area contributed by atoms with Gasteiger partial charge in [0.15, 0.2) is 0 Å². The lowest BCUT2D eigenvalue weighted by molar-refractivity contribution is 0.0888. The number of nitrogens with two attached hydrogens (primary N) is 1. The second kappa shape index (κ2) is 1.45. The molecule has 0 aromatic carbocycles. The van der Waals surface area contributed by atoms with E-state index < -0.39 is 0 Å². The normalized spacial score (nSPS) is 52.9. The summed E-state index contributed by atoms with van der Waals surface area (Å²) in [5, 5.41) is 0. The van der Waals surface area contributed by atoms with Gasteiger partial charge in [-0.05, 0) is 12.3 Å². The van der Waals surface area contributed by atoms with Gasteiger partial charge in [-0.15, -0.1) is 0 Å². The Morgan fingerprint density at radius 1 is 1.38 bits per heavy atom. The molecule has 2 N–H and O–H groups in total. The van der Waals surface area contributed by atoms with Crippen LogP contribution in [0.4, 0.5) is 0 Å². The maximum absolute atomic E-state index is 5.69. The average molecular weight is 113 g/mol. The highest BCUT2D eigenvalue weighted by Crippen LogP contribution is 2.42. The third-order valence-corrected chi connectivity index (χ3v) is 2.30. The summed E-state index contributed by atoms with van der Waals surface area (Å²) in [5.74, 6) is 1.55. The van der Waals surface area contributed by atoms with E-state index in [9.17, 15) is 0 Å². The van der Waals surface area contributed by atoms with Gasteiger partial charge in [0.25, 0.3) is 0 Å². The minimum Gasteiger partial charge on any atom is -0.381 e. The standard InChI is InChI=1S/C6H11NO/c7-6-4-1-2-8-3-5(4)6/h4-6H,1-3,7H2/t4-,5-,6-/m1/s1. The Balaban J connectivity index is 1.97. The van der Waals surface area contributed by atoms with Gasteiger partial charge in [-0.25, -0.2) is 0 Å². The third-order valence-electron chi connectivity index (χ3n) is 2.30. The summed E-state index contributed by atoms with van der Waals surface area (Å²) >= 11 is 0. The second-order valence-electron chi connectivity index (χ2n) is 2.77. The quantitative estimate of drug-likeness (QED) is 0.479. The van der Waals surface area contributed by atoms with Gasteiger partial charge in [0, 0.05) is 18.6 Å². The van der Waals surface area contributed by atoms with E-state index in [4.69, 9.17) is 10.5 Å². The van der Waals surface area contributed by atoms with Crippen LogP contribution in [0, 0.1) is 11.8 Å². The molecule has 8 heavy (non-hydrogen) atoms. The van der Waals surface area contributed by atoms with Crippen molar-refractivity contribution in [2.45, 2.75) is 12.5 Å². The van der Waals surface area contributed by atoms with Crippen molar-refractivity contribution in [2.75, 3.05) is 13.2 Å². The monoisotopic (exact) mass is 113 g/mol. The van der Waals surface area contributed by atoms with Gasteiger partial charge in [-0.1, -0.05) is 0 Å². The summed E-state index contributed by atoms with van der Waals surface area (Å²) < 4.78 is 5.21. The van der Waals surface area contributed by atoms with Crippen molar-refractivity contribution < 1.29 is 4.74 Å². The van der Waals surface area contributed by atoms with Crippen LogP contribution in [0.5, 0.6) is 0 Å². The zero-order chi connectivity index (χ0) is 5.56. The van der Waals surface area contributed by atoms with E-state index in [2.05, 4.69) is 0 Å². The molecular formula is C6H11NO. The zero-order valence-corrected chi connectivity index (χ0v) is 4.84. The van der Waals surface area contributed by atoms with Gasteiger partial charge in [0.05, 0.1) is 6.61 Å². The maximum Gasteiger partial charge on any atom is 0.0512 e. The number of fused-ring (bicyclic) bond motifs is 1. The molecule has 2 fully saturated rings. The zero-order valence-electron chi connectivity index (χ0n) is 4.84. The molecule has 0 radical (unpaired) electrons. The van der Waals surface area contributed by atoms with Crippen LogP contribution in [0.25, 0.3) is 0 Å². The van der Waals surface area contributed by atoms with Crippen molar-refractivity contribution in [3.05, 3.63) is 0 Å². The molecule has 2 heteroatoms. The van der Waals surface area contributed by atoms with E-state index in [1.807, 2.05) is 0 Å². The smallest absolute Gasteiger partial charge is 0.0512 e. The molecule has 2 rings (SSSR count). The van der Waals surface area contributed by atoms with Gasteiger partial charge in [0.1, 0.15) is 0 Å². The van der Waals surface area contributed by atoms with Crippen molar-refractivity contribution in [1.82, 2.24) is 0 Å². The minimum absolute atomic E-state index is 0.484.